The van der Waals surface area contributed by atoms with Crippen LogP contribution in [0.5, 0.6) is 5.75 Å². The summed E-state index contributed by atoms with van der Waals surface area (Å²) >= 11 is 0. The molecule has 2 aromatic heterocycles. The fourth-order valence-electron chi connectivity index (χ4n) is 2.60. The Morgan fingerprint density at radius 2 is 2.04 bits per heavy atom. The molecular formula is C17H17N3O4. The summed E-state index contributed by atoms with van der Waals surface area (Å²) in [5, 5.41) is 9.06. The highest BCUT2D eigenvalue weighted by Crippen LogP contribution is 2.23. The van der Waals surface area contributed by atoms with Gasteiger partial charge in [-0.1, -0.05) is 0 Å². The van der Waals surface area contributed by atoms with Gasteiger partial charge in [-0.3, -0.25) is 14.6 Å². The summed E-state index contributed by atoms with van der Waals surface area (Å²) < 4.78 is 5.72. The first kappa shape index (κ1) is 15.9. The molecule has 3 heterocycles. The Labute approximate surface area is 138 Å². The van der Waals surface area contributed by atoms with Crippen LogP contribution >= 0.6 is 0 Å². The molecule has 1 N–H and O–H groups in total. The number of ether oxygens (including phenoxy) is 1. The van der Waals surface area contributed by atoms with Crippen molar-refractivity contribution in [1.82, 2.24) is 14.9 Å². The van der Waals surface area contributed by atoms with Crippen molar-refractivity contribution in [3.8, 4) is 5.75 Å². The minimum Gasteiger partial charge on any atom is -0.486 e. The SMILES string of the molecule is O=C(O)C1CCN(C(=O)c2ncccc2OCc2ccncc2)C1. The average Bonchev–Trinajstić information content (AvgIpc) is 3.11. The van der Waals surface area contributed by atoms with Crippen molar-refractivity contribution in [3.05, 3.63) is 54.1 Å². The van der Waals surface area contributed by atoms with E-state index in [1.165, 1.54) is 11.1 Å². The van der Waals surface area contributed by atoms with Crippen molar-refractivity contribution in [3.63, 3.8) is 0 Å². The quantitative estimate of drug-likeness (QED) is 0.897. The maximum absolute atomic E-state index is 12.6. The number of carboxylic acid groups (broad SMARTS) is 1. The van der Waals surface area contributed by atoms with Gasteiger partial charge in [0.05, 0.1) is 5.92 Å². The molecule has 0 aliphatic carbocycles. The molecule has 1 aliphatic heterocycles. The topological polar surface area (TPSA) is 92.6 Å². The summed E-state index contributed by atoms with van der Waals surface area (Å²) in [4.78, 5) is 33.3. The molecule has 7 nitrogen and oxygen atoms in total. The van der Waals surface area contributed by atoms with Gasteiger partial charge in [-0.25, -0.2) is 4.98 Å². The number of carbonyl (C=O) groups excluding carboxylic acids is 1. The first-order chi connectivity index (χ1) is 11.6. The van der Waals surface area contributed by atoms with Crippen molar-refractivity contribution in [1.29, 1.82) is 0 Å². The predicted molar refractivity (Wildman–Crippen MR) is 84.5 cm³/mol. The van der Waals surface area contributed by atoms with Crippen molar-refractivity contribution in [2.24, 2.45) is 5.92 Å². The monoisotopic (exact) mass is 327 g/mol. The third-order valence-corrected chi connectivity index (χ3v) is 3.94. The Morgan fingerprint density at radius 3 is 2.75 bits per heavy atom. The zero-order chi connectivity index (χ0) is 16.9. The molecule has 3 rings (SSSR count). The lowest BCUT2D eigenvalue weighted by Gasteiger charge is -2.17. The second-order valence-electron chi connectivity index (χ2n) is 5.57. The largest absolute Gasteiger partial charge is 0.486 e. The first-order valence-corrected chi connectivity index (χ1v) is 7.64. The molecule has 1 atom stereocenters. The number of rotatable bonds is 5. The van der Waals surface area contributed by atoms with Gasteiger partial charge in [-0.2, -0.15) is 0 Å². The fourth-order valence-corrected chi connectivity index (χ4v) is 2.60. The van der Waals surface area contributed by atoms with Gasteiger partial charge in [0.1, 0.15) is 6.61 Å². The minimum atomic E-state index is -0.875. The van der Waals surface area contributed by atoms with E-state index in [1.54, 1.807) is 24.5 Å². The summed E-state index contributed by atoms with van der Waals surface area (Å²) in [6, 6.07) is 7.04. The van der Waals surface area contributed by atoms with Crippen LogP contribution in [0.25, 0.3) is 0 Å². The number of hydrogen-bond acceptors (Lipinski definition) is 5. The highest BCUT2D eigenvalue weighted by molar-refractivity contribution is 5.95. The lowest BCUT2D eigenvalue weighted by molar-refractivity contribution is -0.141. The number of amides is 1. The van der Waals surface area contributed by atoms with Gasteiger partial charge in [0, 0.05) is 31.7 Å². The summed E-state index contributed by atoms with van der Waals surface area (Å²) in [7, 11) is 0. The Bertz CT molecular complexity index is 736. The molecule has 0 bridgehead atoms. The van der Waals surface area contributed by atoms with E-state index >= 15 is 0 Å². The number of aromatic nitrogens is 2. The molecule has 1 unspecified atom stereocenters. The van der Waals surface area contributed by atoms with Crippen molar-refractivity contribution in [2.45, 2.75) is 13.0 Å². The Morgan fingerprint density at radius 1 is 1.25 bits per heavy atom. The van der Waals surface area contributed by atoms with Crippen LogP contribution in [0, 0.1) is 5.92 Å². The zero-order valence-electron chi connectivity index (χ0n) is 13.0. The number of nitrogens with zero attached hydrogens (tertiary/aromatic N) is 3. The van der Waals surface area contributed by atoms with Crippen LogP contribution in [-0.4, -0.2) is 44.9 Å². The van der Waals surface area contributed by atoms with Crippen LogP contribution in [0.2, 0.25) is 0 Å². The number of pyridine rings is 2. The molecule has 0 saturated carbocycles. The van der Waals surface area contributed by atoms with Crippen LogP contribution in [0.3, 0.4) is 0 Å². The van der Waals surface area contributed by atoms with Gasteiger partial charge in [0.2, 0.25) is 0 Å². The van der Waals surface area contributed by atoms with Gasteiger partial charge in [0.15, 0.2) is 11.4 Å². The number of likely N-dealkylation sites (tertiary alicyclic amines) is 1. The van der Waals surface area contributed by atoms with Crippen molar-refractivity contribution < 1.29 is 19.4 Å². The van der Waals surface area contributed by atoms with E-state index in [4.69, 9.17) is 9.84 Å². The van der Waals surface area contributed by atoms with E-state index in [0.29, 0.717) is 25.3 Å². The second-order valence-corrected chi connectivity index (χ2v) is 5.57. The Kier molecular flexibility index (Phi) is 4.69. The van der Waals surface area contributed by atoms with Crippen LogP contribution in [0.15, 0.2) is 42.9 Å². The van der Waals surface area contributed by atoms with Gasteiger partial charge in [-0.15, -0.1) is 0 Å². The summed E-state index contributed by atoms with van der Waals surface area (Å²) in [5.41, 5.74) is 1.14. The highest BCUT2D eigenvalue weighted by atomic mass is 16.5. The highest BCUT2D eigenvalue weighted by Gasteiger charge is 2.32. The molecule has 0 radical (unpaired) electrons. The Balaban J connectivity index is 1.72. The van der Waals surface area contributed by atoms with Crippen LogP contribution < -0.4 is 4.74 Å². The van der Waals surface area contributed by atoms with Crippen molar-refractivity contribution in [2.75, 3.05) is 13.1 Å². The van der Waals surface area contributed by atoms with Gasteiger partial charge < -0.3 is 14.7 Å². The van der Waals surface area contributed by atoms with Crippen LogP contribution in [0.1, 0.15) is 22.5 Å². The standard InChI is InChI=1S/C17H17N3O4/c21-16(20-9-5-13(10-20)17(22)23)15-14(2-1-6-19-15)24-11-12-3-7-18-8-4-12/h1-4,6-8,13H,5,9-11H2,(H,22,23). The molecule has 7 heteroatoms. The molecule has 1 amide bonds. The molecule has 0 spiro atoms. The number of hydrogen-bond donors (Lipinski definition) is 1. The summed E-state index contributed by atoms with van der Waals surface area (Å²) in [5.74, 6) is -1.30. The molecule has 124 valence electrons. The summed E-state index contributed by atoms with van der Waals surface area (Å²) in [6.45, 7) is 0.914. The van der Waals surface area contributed by atoms with Crippen molar-refractivity contribution >= 4 is 11.9 Å². The third kappa shape index (κ3) is 3.51. The molecule has 0 aromatic carbocycles. The number of aliphatic carboxylic acids is 1. The molecule has 1 aliphatic rings. The third-order valence-electron chi connectivity index (χ3n) is 3.94. The predicted octanol–water partition coefficient (Wildman–Crippen LogP) is 1.60. The zero-order valence-corrected chi connectivity index (χ0v) is 13.0. The van der Waals surface area contributed by atoms with E-state index in [0.717, 1.165) is 5.56 Å². The summed E-state index contributed by atoms with van der Waals surface area (Å²) in [6.07, 6.45) is 5.33. The fraction of sp³-hybridized carbons (Fsp3) is 0.294. The lowest BCUT2D eigenvalue weighted by atomic mass is 10.1. The molecule has 1 saturated heterocycles. The van der Waals surface area contributed by atoms with Gasteiger partial charge in [0.25, 0.3) is 5.91 Å². The Hall–Kier alpha value is -2.96. The van der Waals surface area contributed by atoms with E-state index < -0.39 is 11.9 Å². The van der Waals surface area contributed by atoms with Gasteiger partial charge in [-0.05, 0) is 36.2 Å². The van der Waals surface area contributed by atoms with E-state index in [2.05, 4.69) is 9.97 Å². The van der Waals surface area contributed by atoms with Gasteiger partial charge >= 0.3 is 5.97 Å². The number of carboxylic acids is 1. The second kappa shape index (κ2) is 7.08. The van der Waals surface area contributed by atoms with E-state index in [-0.39, 0.29) is 18.1 Å². The molecule has 1 fully saturated rings. The minimum absolute atomic E-state index is 0.203. The normalized spacial score (nSPS) is 16.8. The first-order valence-electron chi connectivity index (χ1n) is 7.64. The maximum atomic E-state index is 12.6. The molecular weight excluding hydrogens is 310 g/mol. The smallest absolute Gasteiger partial charge is 0.308 e. The maximum Gasteiger partial charge on any atom is 0.308 e. The number of carbonyl (C=O) groups is 2. The van der Waals surface area contributed by atoms with E-state index in [9.17, 15) is 9.59 Å². The van der Waals surface area contributed by atoms with Crippen LogP contribution in [0.4, 0.5) is 0 Å². The van der Waals surface area contributed by atoms with Crippen LogP contribution in [-0.2, 0) is 11.4 Å². The lowest BCUT2D eigenvalue weighted by Crippen LogP contribution is -2.31. The average molecular weight is 327 g/mol. The van der Waals surface area contributed by atoms with E-state index in [1.807, 2.05) is 12.1 Å². The molecule has 2 aromatic rings. The molecule has 24 heavy (non-hydrogen) atoms.